The van der Waals surface area contributed by atoms with Gasteiger partial charge in [-0.2, -0.15) is 4.98 Å². The topological polar surface area (TPSA) is 93.2 Å². The zero-order chi connectivity index (χ0) is 23.7. The van der Waals surface area contributed by atoms with Crippen molar-refractivity contribution >= 4 is 5.91 Å². The smallest absolute Gasteiger partial charge is 0.276 e. The van der Waals surface area contributed by atoms with Gasteiger partial charge >= 0.3 is 0 Å². The molecule has 3 heterocycles. The van der Waals surface area contributed by atoms with Crippen molar-refractivity contribution in [3.8, 4) is 17.1 Å². The van der Waals surface area contributed by atoms with E-state index in [2.05, 4.69) is 25.4 Å². The van der Waals surface area contributed by atoms with Gasteiger partial charge in [-0.3, -0.25) is 9.69 Å². The molecule has 0 spiro atoms. The Hall–Kier alpha value is -3.85. The molecule has 1 saturated heterocycles. The Morgan fingerprint density at radius 3 is 2.24 bits per heavy atom. The first kappa shape index (κ1) is 22.0. The van der Waals surface area contributed by atoms with E-state index >= 15 is 0 Å². The van der Waals surface area contributed by atoms with Crippen LogP contribution in [0.25, 0.3) is 17.1 Å². The monoisotopic (exact) mass is 457 g/mol. The van der Waals surface area contributed by atoms with E-state index in [1.165, 1.54) is 11.1 Å². The van der Waals surface area contributed by atoms with Crippen molar-refractivity contribution in [3.63, 3.8) is 0 Å². The highest BCUT2D eigenvalue weighted by atomic mass is 16.5. The summed E-state index contributed by atoms with van der Waals surface area (Å²) in [5, 5.41) is 12.5. The number of piperazine rings is 1. The molecular weight excluding hydrogens is 430 g/mol. The van der Waals surface area contributed by atoms with Crippen LogP contribution in [0.3, 0.4) is 0 Å². The molecule has 0 atom stereocenters. The number of aromatic nitrogens is 5. The summed E-state index contributed by atoms with van der Waals surface area (Å²) in [4.78, 5) is 21.7. The highest BCUT2D eigenvalue weighted by molar-refractivity contribution is 5.93. The molecule has 0 aliphatic carbocycles. The Balaban J connectivity index is 1.19. The third kappa shape index (κ3) is 4.47. The molecule has 2 aromatic carbocycles. The molecule has 0 bridgehead atoms. The van der Waals surface area contributed by atoms with Gasteiger partial charge in [-0.25, -0.2) is 4.68 Å². The van der Waals surface area contributed by atoms with Crippen LogP contribution in [0.1, 0.15) is 33.2 Å². The van der Waals surface area contributed by atoms with Gasteiger partial charge in [0.1, 0.15) is 0 Å². The molecule has 9 heteroatoms. The molecule has 1 fully saturated rings. The molecule has 1 aliphatic rings. The maximum absolute atomic E-state index is 13.1. The van der Waals surface area contributed by atoms with E-state index in [1.54, 1.807) is 4.68 Å². The quantitative estimate of drug-likeness (QED) is 0.454. The molecule has 34 heavy (non-hydrogen) atoms. The Morgan fingerprint density at radius 2 is 1.56 bits per heavy atom. The SMILES string of the molecule is Cc1ccc(-c2noc(CN3CCN(C(=O)c4nnn(-c5ccc(C)cc5)c4C)CC3)n2)cc1. The second-order valence-electron chi connectivity index (χ2n) is 8.72. The molecule has 4 aromatic rings. The molecular formula is C25H27N7O2. The van der Waals surface area contributed by atoms with E-state index in [0.29, 0.717) is 37.0 Å². The van der Waals surface area contributed by atoms with Crippen molar-refractivity contribution in [2.24, 2.45) is 0 Å². The van der Waals surface area contributed by atoms with E-state index in [9.17, 15) is 4.79 Å². The zero-order valence-electron chi connectivity index (χ0n) is 19.6. The van der Waals surface area contributed by atoms with Gasteiger partial charge in [0.25, 0.3) is 5.91 Å². The number of rotatable bonds is 5. The second-order valence-corrected chi connectivity index (χ2v) is 8.72. The first-order chi connectivity index (χ1) is 16.5. The van der Waals surface area contributed by atoms with Crippen LogP contribution in [0.5, 0.6) is 0 Å². The van der Waals surface area contributed by atoms with Crippen LogP contribution in [-0.2, 0) is 6.54 Å². The van der Waals surface area contributed by atoms with Gasteiger partial charge in [0.2, 0.25) is 11.7 Å². The summed E-state index contributed by atoms with van der Waals surface area (Å²) >= 11 is 0. The number of nitrogens with zero attached hydrogens (tertiary/aromatic N) is 7. The standard InChI is InChI=1S/C25H27N7O2/c1-17-4-8-20(9-5-17)24-26-22(34-28-24)16-30-12-14-31(15-13-30)25(33)23-19(3)32(29-27-23)21-10-6-18(2)7-11-21/h4-11H,12-16H2,1-3H3. The van der Waals surface area contributed by atoms with Gasteiger partial charge in [0.05, 0.1) is 17.9 Å². The lowest BCUT2D eigenvalue weighted by atomic mass is 10.1. The summed E-state index contributed by atoms with van der Waals surface area (Å²) in [7, 11) is 0. The van der Waals surface area contributed by atoms with E-state index in [0.717, 1.165) is 30.0 Å². The minimum Gasteiger partial charge on any atom is -0.338 e. The number of hydrogen-bond acceptors (Lipinski definition) is 7. The lowest BCUT2D eigenvalue weighted by molar-refractivity contribution is 0.0608. The van der Waals surface area contributed by atoms with Crippen LogP contribution >= 0.6 is 0 Å². The predicted molar refractivity (Wildman–Crippen MR) is 126 cm³/mol. The summed E-state index contributed by atoms with van der Waals surface area (Å²) in [6.07, 6.45) is 0. The summed E-state index contributed by atoms with van der Waals surface area (Å²) in [6.45, 7) is 9.17. The maximum Gasteiger partial charge on any atom is 0.276 e. The fraction of sp³-hybridized carbons (Fsp3) is 0.320. The maximum atomic E-state index is 13.1. The number of aryl methyl sites for hydroxylation is 2. The molecule has 0 unspecified atom stereocenters. The van der Waals surface area contributed by atoms with Crippen molar-refractivity contribution in [2.45, 2.75) is 27.3 Å². The molecule has 174 valence electrons. The van der Waals surface area contributed by atoms with E-state index in [1.807, 2.05) is 74.2 Å². The van der Waals surface area contributed by atoms with Gasteiger partial charge in [-0.15, -0.1) is 5.10 Å². The van der Waals surface area contributed by atoms with E-state index in [4.69, 9.17) is 4.52 Å². The molecule has 2 aromatic heterocycles. The Bertz CT molecular complexity index is 1280. The fourth-order valence-corrected chi connectivity index (χ4v) is 4.05. The van der Waals surface area contributed by atoms with Crippen LogP contribution in [-0.4, -0.2) is 67.0 Å². The lowest BCUT2D eigenvalue weighted by Crippen LogP contribution is -2.48. The second kappa shape index (κ2) is 9.18. The number of amides is 1. The highest BCUT2D eigenvalue weighted by Crippen LogP contribution is 2.19. The minimum absolute atomic E-state index is 0.0880. The summed E-state index contributed by atoms with van der Waals surface area (Å²) in [5.41, 5.74) is 5.32. The predicted octanol–water partition coefficient (Wildman–Crippen LogP) is 3.20. The average molecular weight is 458 g/mol. The first-order valence-electron chi connectivity index (χ1n) is 11.4. The third-order valence-corrected chi connectivity index (χ3v) is 6.17. The normalized spacial score (nSPS) is 14.5. The molecule has 0 N–H and O–H groups in total. The molecule has 1 aliphatic heterocycles. The number of carbonyl (C=O) groups excluding carboxylic acids is 1. The minimum atomic E-state index is -0.0880. The van der Waals surface area contributed by atoms with Gasteiger partial charge < -0.3 is 9.42 Å². The van der Waals surface area contributed by atoms with Crippen molar-refractivity contribution in [2.75, 3.05) is 26.2 Å². The summed E-state index contributed by atoms with van der Waals surface area (Å²) in [5.74, 6) is 1.08. The van der Waals surface area contributed by atoms with Gasteiger partial charge in [-0.05, 0) is 32.9 Å². The summed E-state index contributed by atoms with van der Waals surface area (Å²) < 4.78 is 7.17. The van der Waals surface area contributed by atoms with Gasteiger partial charge in [-0.1, -0.05) is 57.9 Å². The fourth-order valence-electron chi connectivity index (χ4n) is 4.05. The van der Waals surface area contributed by atoms with Crippen LogP contribution < -0.4 is 0 Å². The Morgan fingerprint density at radius 1 is 0.912 bits per heavy atom. The third-order valence-electron chi connectivity index (χ3n) is 6.17. The average Bonchev–Trinajstić information content (AvgIpc) is 3.47. The van der Waals surface area contributed by atoms with Gasteiger partial charge in [0.15, 0.2) is 5.69 Å². The van der Waals surface area contributed by atoms with Crippen LogP contribution in [0.4, 0.5) is 0 Å². The van der Waals surface area contributed by atoms with Crippen molar-refractivity contribution in [1.82, 2.24) is 34.9 Å². The first-order valence-corrected chi connectivity index (χ1v) is 11.4. The molecule has 0 radical (unpaired) electrons. The van der Waals surface area contributed by atoms with E-state index < -0.39 is 0 Å². The van der Waals surface area contributed by atoms with Gasteiger partial charge in [0, 0.05) is 31.7 Å². The summed E-state index contributed by atoms with van der Waals surface area (Å²) in [6, 6.07) is 16.0. The van der Waals surface area contributed by atoms with E-state index in [-0.39, 0.29) is 5.91 Å². The largest absolute Gasteiger partial charge is 0.338 e. The zero-order valence-corrected chi connectivity index (χ0v) is 19.6. The molecule has 5 rings (SSSR count). The number of carbonyl (C=O) groups is 1. The van der Waals surface area contributed by atoms with Crippen molar-refractivity contribution in [1.29, 1.82) is 0 Å². The highest BCUT2D eigenvalue weighted by Gasteiger charge is 2.27. The lowest BCUT2D eigenvalue weighted by Gasteiger charge is -2.33. The molecule has 0 saturated carbocycles. The van der Waals surface area contributed by atoms with Crippen LogP contribution in [0.15, 0.2) is 53.1 Å². The van der Waals surface area contributed by atoms with Crippen molar-refractivity contribution in [3.05, 3.63) is 76.9 Å². The molecule has 9 nitrogen and oxygen atoms in total. The number of hydrogen-bond donors (Lipinski definition) is 0. The Kier molecular flexibility index (Phi) is 5.93. The van der Waals surface area contributed by atoms with Crippen LogP contribution in [0, 0.1) is 20.8 Å². The Labute approximate surface area is 198 Å². The molecule has 1 amide bonds. The van der Waals surface area contributed by atoms with Crippen LogP contribution in [0.2, 0.25) is 0 Å². The number of benzene rings is 2. The van der Waals surface area contributed by atoms with Crippen molar-refractivity contribution < 1.29 is 9.32 Å².